The number of nitrogens with one attached hydrogen (secondary N) is 2. The van der Waals surface area contributed by atoms with Crippen molar-refractivity contribution in [1.29, 1.82) is 0 Å². The summed E-state index contributed by atoms with van der Waals surface area (Å²) < 4.78 is 11.5. The van der Waals surface area contributed by atoms with Crippen molar-refractivity contribution in [3.63, 3.8) is 0 Å². The van der Waals surface area contributed by atoms with Crippen molar-refractivity contribution in [2.75, 3.05) is 45.3 Å². The minimum absolute atomic E-state index is 0.175. The number of likely N-dealkylation sites (N-methyl/N-ethyl adjacent to an activating group) is 1. The van der Waals surface area contributed by atoms with Gasteiger partial charge in [-0.05, 0) is 44.4 Å². The maximum Gasteiger partial charge on any atom is 0.251 e. The van der Waals surface area contributed by atoms with Crippen molar-refractivity contribution in [3.8, 4) is 17.4 Å². The molecule has 0 aliphatic heterocycles. The first-order valence-electron chi connectivity index (χ1n) is 11.1. The lowest BCUT2D eigenvalue weighted by atomic mass is 10.1. The molecule has 0 spiro atoms. The highest BCUT2D eigenvalue weighted by molar-refractivity contribution is 5.97. The summed E-state index contributed by atoms with van der Waals surface area (Å²) in [6.45, 7) is 1.29. The number of fused-ring (bicyclic) bond motifs is 1. The molecule has 4 aromatic rings. The Morgan fingerprint density at radius 3 is 2.57 bits per heavy atom. The fraction of sp³-hybridized carbons (Fsp3) is 0.192. The molecule has 1 heterocycles. The zero-order valence-electron chi connectivity index (χ0n) is 19.9. The van der Waals surface area contributed by atoms with Crippen LogP contribution in [0.3, 0.4) is 0 Å². The number of carbonyl (C=O) groups excluding carboxylic acids is 1. The van der Waals surface area contributed by atoms with Crippen LogP contribution in [0.15, 0.2) is 66.9 Å². The molecule has 0 saturated carbocycles. The van der Waals surface area contributed by atoms with E-state index < -0.39 is 0 Å². The second-order valence-electron chi connectivity index (χ2n) is 8.12. The second kappa shape index (κ2) is 10.7. The Labute approximate surface area is 203 Å². The molecule has 0 aliphatic carbocycles. The van der Waals surface area contributed by atoms with Crippen molar-refractivity contribution in [3.05, 3.63) is 72.4 Å². The number of anilines is 3. The van der Waals surface area contributed by atoms with Crippen LogP contribution in [0.4, 0.5) is 17.3 Å². The summed E-state index contributed by atoms with van der Waals surface area (Å²) in [4.78, 5) is 23.3. The van der Waals surface area contributed by atoms with Crippen LogP contribution in [0.1, 0.15) is 10.4 Å². The quantitative estimate of drug-likeness (QED) is 0.313. The molecule has 180 valence electrons. The number of carbonyl (C=O) groups is 1. The van der Waals surface area contributed by atoms with Crippen LogP contribution in [0.2, 0.25) is 0 Å². The molecule has 0 atom stereocenters. The number of nitrogen functional groups attached to an aromatic ring is 1. The highest BCUT2D eigenvalue weighted by atomic mass is 16.5. The lowest BCUT2D eigenvalue weighted by molar-refractivity contribution is 0.0951. The predicted octanol–water partition coefficient (Wildman–Crippen LogP) is 4.05. The van der Waals surface area contributed by atoms with Gasteiger partial charge in [-0.15, -0.1) is 0 Å². The fourth-order valence-electron chi connectivity index (χ4n) is 3.52. The molecule has 0 unspecified atom stereocenters. The van der Waals surface area contributed by atoms with E-state index in [-0.39, 0.29) is 5.91 Å². The Balaban J connectivity index is 1.55. The molecule has 0 aliphatic rings. The molecule has 4 N–H and O–H groups in total. The van der Waals surface area contributed by atoms with Crippen LogP contribution in [-0.4, -0.2) is 55.1 Å². The van der Waals surface area contributed by atoms with Crippen LogP contribution in [0.5, 0.6) is 17.4 Å². The molecular weight excluding hydrogens is 444 g/mol. The molecule has 0 radical (unpaired) electrons. The Bertz CT molecular complexity index is 1340. The molecule has 0 bridgehead atoms. The van der Waals surface area contributed by atoms with Crippen LogP contribution < -0.4 is 25.8 Å². The van der Waals surface area contributed by atoms with E-state index in [9.17, 15) is 4.79 Å². The van der Waals surface area contributed by atoms with Gasteiger partial charge in [0.15, 0.2) is 0 Å². The van der Waals surface area contributed by atoms with Gasteiger partial charge in [-0.25, -0.2) is 4.98 Å². The SMILES string of the molecule is COc1ccc(C(=O)NCCN(C)C)cc1Nc1nccc(Oc2ccc(N)c3ccccc23)n1. The molecule has 4 rings (SSSR count). The van der Waals surface area contributed by atoms with Crippen LogP contribution in [0, 0.1) is 0 Å². The van der Waals surface area contributed by atoms with Gasteiger partial charge in [0, 0.05) is 47.4 Å². The first-order valence-corrected chi connectivity index (χ1v) is 11.1. The second-order valence-corrected chi connectivity index (χ2v) is 8.12. The summed E-state index contributed by atoms with van der Waals surface area (Å²) in [6.07, 6.45) is 1.59. The lowest BCUT2D eigenvalue weighted by Crippen LogP contribution is -2.31. The monoisotopic (exact) mass is 472 g/mol. The molecule has 9 nitrogen and oxygen atoms in total. The molecule has 0 fully saturated rings. The average molecular weight is 473 g/mol. The average Bonchev–Trinajstić information content (AvgIpc) is 2.86. The van der Waals surface area contributed by atoms with Gasteiger partial charge in [0.25, 0.3) is 5.91 Å². The summed E-state index contributed by atoms with van der Waals surface area (Å²) in [6, 6.07) is 18.2. The van der Waals surface area contributed by atoms with Gasteiger partial charge in [0.05, 0.1) is 12.8 Å². The molecule has 3 aromatic carbocycles. The van der Waals surface area contributed by atoms with E-state index in [1.54, 1.807) is 43.6 Å². The largest absolute Gasteiger partial charge is 0.495 e. The number of methoxy groups -OCH3 is 1. The van der Waals surface area contributed by atoms with E-state index in [4.69, 9.17) is 15.2 Å². The van der Waals surface area contributed by atoms with E-state index in [0.717, 1.165) is 17.3 Å². The third-order valence-electron chi connectivity index (χ3n) is 5.32. The number of hydrogen-bond donors (Lipinski definition) is 3. The third-order valence-corrected chi connectivity index (χ3v) is 5.32. The summed E-state index contributed by atoms with van der Waals surface area (Å²) in [5.74, 6) is 1.66. The number of ether oxygens (including phenoxy) is 2. The normalized spacial score (nSPS) is 10.9. The summed E-state index contributed by atoms with van der Waals surface area (Å²) >= 11 is 0. The van der Waals surface area contributed by atoms with Gasteiger partial charge in [-0.2, -0.15) is 4.98 Å². The predicted molar refractivity (Wildman–Crippen MR) is 138 cm³/mol. The Morgan fingerprint density at radius 2 is 1.80 bits per heavy atom. The number of rotatable bonds is 9. The van der Waals surface area contributed by atoms with Gasteiger partial charge < -0.3 is 30.7 Å². The highest BCUT2D eigenvalue weighted by Crippen LogP contribution is 2.33. The fourth-order valence-corrected chi connectivity index (χ4v) is 3.52. The van der Waals surface area contributed by atoms with Gasteiger partial charge in [-0.1, -0.05) is 24.3 Å². The topological polar surface area (TPSA) is 115 Å². The first-order chi connectivity index (χ1) is 16.9. The number of hydrogen-bond acceptors (Lipinski definition) is 8. The highest BCUT2D eigenvalue weighted by Gasteiger charge is 2.13. The molecule has 1 aromatic heterocycles. The molecule has 0 saturated heterocycles. The minimum Gasteiger partial charge on any atom is -0.495 e. The van der Waals surface area contributed by atoms with Gasteiger partial charge in [-0.3, -0.25) is 4.79 Å². The van der Waals surface area contributed by atoms with Gasteiger partial charge >= 0.3 is 0 Å². The summed E-state index contributed by atoms with van der Waals surface area (Å²) in [5.41, 5.74) is 7.82. The third kappa shape index (κ3) is 5.77. The number of nitrogens with two attached hydrogens (primary N) is 1. The summed E-state index contributed by atoms with van der Waals surface area (Å²) in [7, 11) is 5.47. The number of amides is 1. The number of benzene rings is 3. The van der Waals surface area contributed by atoms with Crippen LogP contribution in [-0.2, 0) is 0 Å². The maximum absolute atomic E-state index is 12.6. The lowest BCUT2D eigenvalue weighted by Gasteiger charge is -2.14. The van der Waals surface area contributed by atoms with Crippen molar-refractivity contribution >= 4 is 34.0 Å². The van der Waals surface area contributed by atoms with Gasteiger partial charge in [0.2, 0.25) is 11.8 Å². The summed E-state index contributed by atoms with van der Waals surface area (Å²) in [5, 5.41) is 7.82. The first kappa shape index (κ1) is 23.8. The van der Waals surface area contributed by atoms with Gasteiger partial charge in [0.1, 0.15) is 11.5 Å². The van der Waals surface area contributed by atoms with E-state index in [2.05, 4.69) is 20.6 Å². The number of aromatic nitrogens is 2. The van der Waals surface area contributed by atoms with Crippen molar-refractivity contribution < 1.29 is 14.3 Å². The molecule has 1 amide bonds. The zero-order chi connectivity index (χ0) is 24.8. The van der Waals surface area contributed by atoms with Crippen molar-refractivity contribution in [2.24, 2.45) is 0 Å². The molecule has 9 heteroatoms. The minimum atomic E-state index is -0.175. The Kier molecular flexibility index (Phi) is 7.27. The van der Waals surface area contributed by atoms with Crippen molar-refractivity contribution in [2.45, 2.75) is 0 Å². The van der Waals surface area contributed by atoms with E-state index in [0.29, 0.717) is 46.8 Å². The Hall–Kier alpha value is -4.37. The zero-order valence-corrected chi connectivity index (χ0v) is 19.9. The maximum atomic E-state index is 12.6. The standard InChI is InChI=1S/C26H28N6O3/c1-32(2)15-14-28-25(33)17-8-10-23(34-3)21(16-17)30-26-29-13-12-24(31-26)35-22-11-9-20(27)18-6-4-5-7-19(18)22/h4-13,16H,14-15,27H2,1-3H3,(H,28,33)(H,29,30,31). The smallest absolute Gasteiger partial charge is 0.251 e. The number of nitrogens with zero attached hydrogens (tertiary/aromatic N) is 3. The van der Waals surface area contributed by atoms with Crippen LogP contribution >= 0.6 is 0 Å². The van der Waals surface area contributed by atoms with Crippen LogP contribution in [0.25, 0.3) is 10.8 Å². The van der Waals surface area contributed by atoms with E-state index in [1.165, 1.54) is 0 Å². The van der Waals surface area contributed by atoms with Crippen molar-refractivity contribution in [1.82, 2.24) is 20.2 Å². The molecule has 35 heavy (non-hydrogen) atoms. The van der Waals surface area contributed by atoms with E-state index >= 15 is 0 Å². The Morgan fingerprint density at radius 1 is 1.03 bits per heavy atom. The van der Waals surface area contributed by atoms with E-state index in [1.807, 2.05) is 49.3 Å². The molecular formula is C26H28N6O3.